The fourth-order valence-corrected chi connectivity index (χ4v) is 3.93. The van der Waals surface area contributed by atoms with E-state index in [1.165, 1.54) is 71.5 Å². The molecule has 4 nitrogen and oxygen atoms in total. The van der Waals surface area contributed by atoms with E-state index in [1.807, 2.05) is 6.92 Å². The van der Waals surface area contributed by atoms with Crippen LogP contribution in [0.4, 0.5) is 0 Å². The molecule has 0 aliphatic carbocycles. The summed E-state index contributed by atoms with van der Waals surface area (Å²) in [6.45, 7) is 13.9. The molecule has 0 aromatic carbocycles. The highest BCUT2D eigenvalue weighted by atomic mass is 16.1. The lowest BCUT2D eigenvalue weighted by Crippen LogP contribution is -2.42. The zero-order valence-electron chi connectivity index (χ0n) is 15.5. The zero-order valence-corrected chi connectivity index (χ0v) is 15.5. The molecule has 1 atom stereocenters. The van der Waals surface area contributed by atoms with Crippen LogP contribution in [-0.4, -0.2) is 80.4 Å². The summed E-state index contributed by atoms with van der Waals surface area (Å²) in [4.78, 5) is 18.4. The highest BCUT2D eigenvalue weighted by Gasteiger charge is 2.22. The van der Waals surface area contributed by atoms with Gasteiger partial charge in [0, 0.05) is 32.1 Å². The van der Waals surface area contributed by atoms with Crippen molar-refractivity contribution in [3.05, 3.63) is 0 Å². The lowest BCUT2D eigenvalue weighted by molar-refractivity contribution is -0.111. The number of carbonyl (C=O) groups is 1. The molecule has 0 bridgehead atoms. The van der Waals surface area contributed by atoms with Crippen LogP contribution in [0.15, 0.2) is 0 Å². The van der Waals surface area contributed by atoms with E-state index in [0.717, 1.165) is 24.7 Å². The minimum atomic E-state index is 0.182. The number of aldehydes is 1. The first-order chi connectivity index (χ1) is 11.1. The molecule has 4 heteroatoms. The molecule has 2 fully saturated rings. The van der Waals surface area contributed by atoms with E-state index in [4.69, 9.17) is 0 Å². The molecule has 2 saturated heterocycles. The van der Waals surface area contributed by atoms with Gasteiger partial charge in [0.15, 0.2) is 0 Å². The molecule has 2 rings (SSSR count). The van der Waals surface area contributed by atoms with Crippen molar-refractivity contribution >= 4 is 6.29 Å². The minimum Gasteiger partial charge on any atom is -0.305 e. The van der Waals surface area contributed by atoms with Gasteiger partial charge in [0.1, 0.15) is 6.29 Å². The lowest BCUT2D eigenvalue weighted by Gasteiger charge is -2.35. The van der Waals surface area contributed by atoms with E-state index in [-0.39, 0.29) is 5.92 Å². The molecule has 0 aromatic heterocycles. The van der Waals surface area contributed by atoms with Gasteiger partial charge in [-0.3, -0.25) is 0 Å². The Kier molecular flexibility index (Phi) is 8.01. The number of piperidine rings is 2. The van der Waals surface area contributed by atoms with Gasteiger partial charge in [-0.05, 0) is 70.7 Å². The van der Waals surface area contributed by atoms with Gasteiger partial charge in [-0.2, -0.15) is 0 Å². The number of nitrogens with zero attached hydrogens (tertiary/aromatic N) is 3. The summed E-state index contributed by atoms with van der Waals surface area (Å²) in [7, 11) is 2.29. The first kappa shape index (κ1) is 18.9. The molecule has 0 saturated carbocycles. The first-order valence-electron chi connectivity index (χ1n) is 9.65. The van der Waals surface area contributed by atoms with Crippen LogP contribution < -0.4 is 0 Å². The maximum atomic E-state index is 10.8. The Morgan fingerprint density at radius 2 is 1.70 bits per heavy atom. The summed E-state index contributed by atoms with van der Waals surface area (Å²) in [6, 6.07) is 0. The summed E-state index contributed by atoms with van der Waals surface area (Å²) in [5.74, 6) is 1.95. The molecule has 23 heavy (non-hydrogen) atoms. The van der Waals surface area contributed by atoms with E-state index in [0.29, 0.717) is 0 Å². The van der Waals surface area contributed by atoms with Gasteiger partial charge in [0.2, 0.25) is 0 Å². The van der Waals surface area contributed by atoms with Crippen LogP contribution in [0.5, 0.6) is 0 Å². The van der Waals surface area contributed by atoms with E-state index >= 15 is 0 Å². The standard InChI is InChI=1S/C19H37N3O/c1-17-4-8-21(9-5-17)13-12-20(3)15-19-6-10-22(11-7-19)14-18(2)16-23/h16-19H,4-15H2,1-3H3. The van der Waals surface area contributed by atoms with Crippen LogP contribution in [0.2, 0.25) is 0 Å². The van der Waals surface area contributed by atoms with Crippen LogP contribution in [-0.2, 0) is 4.79 Å². The van der Waals surface area contributed by atoms with Crippen molar-refractivity contribution in [3.8, 4) is 0 Å². The Bertz CT molecular complexity index is 334. The number of rotatable bonds is 8. The van der Waals surface area contributed by atoms with Crippen LogP contribution >= 0.6 is 0 Å². The molecule has 0 N–H and O–H groups in total. The summed E-state index contributed by atoms with van der Waals surface area (Å²) >= 11 is 0. The Hall–Kier alpha value is -0.450. The van der Waals surface area contributed by atoms with Crippen molar-refractivity contribution in [3.63, 3.8) is 0 Å². The Labute approximate surface area is 143 Å². The van der Waals surface area contributed by atoms with Crippen LogP contribution in [0.1, 0.15) is 39.5 Å². The van der Waals surface area contributed by atoms with Gasteiger partial charge in [-0.15, -0.1) is 0 Å². The minimum absolute atomic E-state index is 0.182. The third-order valence-corrected chi connectivity index (χ3v) is 5.73. The zero-order chi connectivity index (χ0) is 16.7. The maximum absolute atomic E-state index is 10.8. The Balaban J connectivity index is 1.57. The van der Waals surface area contributed by atoms with Crippen LogP contribution in [0.25, 0.3) is 0 Å². The number of likely N-dealkylation sites (tertiary alicyclic amines) is 2. The lowest BCUT2D eigenvalue weighted by atomic mass is 9.95. The molecule has 134 valence electrons. The fraction of sp³-hybridized carbons (Fsp3) is 0.947. The van der Waals surface area contributed by atoms with Gasteiger partial charge in [0.25, 0.3) is 0 Å². The molecule has 2 heterocycles. The summed E-state index contributed by atoms with van der Waals surface area (Å²) in [6.07, 6.45) is 6.41. The van der Waals surface area contributed by atoms with Gasteiger partial charge in [-0.25, -0.2) is 0 Å². The Morgan fingerprint density at radius 3 is 2.30 bits per heavy atom. The first-order valence-corrected chi connectivity index (χ1v) is 9.65. The summed E-state index contributed by atoms with van der Waals surface area (Å²) in [5, 5.41) is 0. The van der Waals surface area contributed by atoms with E-state index in [1.54, 1.807) is 0 Å². The molecule has 2 aliphatic rings. The normalized spacial score (nSPS) is 24.2. The van der Waals surface area contributed by atoms with Crippen molar-refractivity contribution in [2.45, 2.75) is 39.5 Å². The summed E-state index contributed by atoms with van der Waals surface area (Å²) < 4.78 is 0. The van der Waals surface area contributed by atoms with Gasteiger partial charge < -0.3 is 19.5 Å². The van der Waals surface area contributed by atoms with Crippen molar-refractivity contribution in [2.75, 3.05) is 59.4 Å². The average Bonchev–Trinajstić information content (AvgIpc) is 2.56. The number of carbonyl (C=O) groups excluding carboxylic acids is 1. The van der Waals surface area contributed by atoms with Crippen molar-refractivity contribution in [2.24, 2.45) is 17.8 Å². The molecule has 0 aromatic rings. The molecule has 2 aliphatic heterocycles. The number of hydrogen-bond donors (Lipinski definition) is 0. The second-order valence-electron chi connectivity index (χ2n) is 8.14. The van der Waals surface area contributed by atoms with Gasteiger partial charge in [0.05, 0.1) is 0 Å². The van der Waals surface area contributed by atoms with Crippen molar-refractivity contribution in [1.29, 1.82) is 0 Å². The van der Waals surface area contributed by atoms with E-state index in [9.17, 15) is 4.79 Å². The number of hydrogen-bond acceptors (Lipinski definition) is 4. The van der Waals surface area contributed by atoms with E-state index < -0.39 is 0 Å². The van der Waals surface area contributed by atoms with Crippen LogP contribution in [0, 0.1) is 17.8 Å². The van der Waals surface area contributed by atoms with Gasteiger partial charge in [-0.1, -0.05) is 13.8 Å². The largest absolute Gasteiger partial charge is 0.305 e. The molecule has 0 amide bonds. The van der Waals surface area contributed by atoms with E-state index in [2.05, 4.69) is 28.7 Å². The predicted octanol–water partition coefficient (Wildman–Crippen LogP) is 2.20. The Morgan fingerprint density at radius 1 is 1.09 bits per heavy atom. The number of likely N-dealkylation sites (N-methyl/N-ethyl adjacent to an activating group) is 1. The second-order valence-corrected chi connectivity index (χ2v) is 8.14. The molecular formula is C19H37N3O. The second kappa shape index (κ2) is 9.75. The van der Waals surface area contributed by atoms with Gasteiger partial charge >= 0.3 is 0 Å². The highest BCUT2D eigenvalue weighted by molar-refractivity contribution is 5.52. The smallest absolute Gasteiger partial charge is 0.124 e. The third-order valence-electron chi connectivity index (χ3n) is 5.73. The summed E-state index contributed by atoms with van der Waals surface area (Å²) in [5.41, 5.74) is 0. The average molecular weight is 324 g/mol. The maximum Gasteiger partial charge on any atom is 0.124 e. The quantitative estimate of drug-likeness (QED) is 0.640. The predicted molar refractivity (Wildman–Crippen MR) is 96.7 cm³/mol. The topological polar surface area (TPSA) is 26.8 Å². The third kappa shape index (κ3) is 6.90. The molecule has 0 radical (unpaired) electrons. The molecular weight excluding hydrogens is 286 g/mol. The van der Waals surface area contributed by atoms with Crippen molar-refractivity contribution in [1.82, 2.24) is 14.7 Å². The van der Waals surface area contributed by atoms with Crippen molar-refractivity contribution < 1.29 is 4.79 Å². The van der Waals surface area contributed by atoms with Crippen LogP contribution in [0.3, 0.4) is 0 Å². The monoisotopic (exact) mass is 323 g/mol. The SMILES string of the molecule is CC(C=O)CN1CCC(CN(C)CCN2CCC(C)CC2)CC1. The molecule has 0 spiro atoms. The highest BCUT2D eigenvalue weighted by Crippen LogP contribution is 2.19. The molecule has 1 unspecified atom stereocenters. The fourth-order valence-electron chi connectivity index (χ4n) is 3.93.